The normalized spacial score (nSPS) is 17.0. The van der Waals surface area contributed by atoms with E-state index in [1.54, 1.807) is 10.5 Å². The SMILES string of the molecule is CCNC(=O)c1cc2c(N3CCC[C@@H](N)C3)cc(C)nc2n2c1nc1ccc(F)cc12. The molecule has 4 heterocycles. The summed E-state index contributed by atoms with van der Waals surface area (Å²) < 4.78 is 16.0. The molecule has 31 heavy (non-hydrogen) atoms. The Morgan fingerprint density at radius 2 is 2.10 bits per heavy atom. The fraction of sp³-hybridized carbons (Fsp3) is 0.348. The van der Waals surface area contributed by atoms with Gasteiger partial charge in [-0.05, 0) is 51.0 Å². The summed E-state index contributed by atoms with van der Waals surface area (Å²) in [5.41, 5.74) is 10.9. The van der Waals surface area contributed by atoms with E-state index in [0.717, 1.165) is 42.7 Å². The van der Waals surface area contributed by atoms with Gasteiger partial charge in [0.1, 0.15) is 11.5 Å². The standard InChI is InChI=1S/C23H25FN6O/c1-3-26-23(31)17-11-16-19(29-8-4-5-15(25)12-29)9-13(2)27-21(16)30-20-10-14(24)6-7-18(20)28-22(17)30/h6-7,9-11,15H,3-5,8,12,25H2,1-2H3,(H,26,31)/t15-/m1/s1. The minimum atomic E-state index is -0.360. The molecule has 0 bridgehead atoms. The third-order valence-corrected chi connectivity index (χ3v) is 5.88. The van der Waals surface area contributed by atoms with Crippen LogP contribution in [0.3, 0.4) is 0 Å². The van der Waals surface area contributed by atoms with Gasteiger partial charge in [-0.15, -0.1) is 0 Å². The number of carbonyl (C=O) groups is 1. The maximum absolute atomic E-state index is 14.2. The van der Waals surface area contributed by atoms with Crippen LogP contribution in [0.4, 0.5) is 10.1 Å². The Morgan fingerprint density at radius 3 is 2.87 bits per heavy atom. The van der Waals surface area contributed by atoms with Crippen molar-refractivity contribution in [3.05, 3.63) is 47.4 Å². The van der Waals surface area contributed by atoms with Crippen molar-refractivity contribution >= 4 is 39.3 Å². The van der Waals surface area contributed by atoms with E-state index in [4.69, 9.17) is 10.7 Å². The van der Waals surface area contributed by atoms with Gasteiger partial charge in [0.15, 0.2) is 5.65 Å². The second kappa shape index (κ2) is 7.46. The number of fused-ring (bicyclic) bond motifs is 5. The van der Waals surface area contributed by atoms with Gasteiger partial charge in [-0.25, -0.2) is 14.4 Å². The molecule has 0 unspecified atom stereocenters. The fourth-order valence-corrected chi connectivity index (χ4v) is 4.52. The third-order valence-electron chi connectivity index (χ3n) is 5.88. The number of carbonyl (C=O) groups excluding carboxylic acids is 1. The van der Waals surface area contributed by atoms with Crippen LogP contribution >= 0.6 is 0 Å². The monoisotopic (exact) mass is 420 g/mol. The topological polar surface area (TPSA) is 88.5 Å². The number of aryl methyl sites for hydroxylation is 1. The van der Waals surface area contributed by atoms with Crippen molar-refractivity contribution in [2.45, 2.75) is 32.7 Å². The zero-order valence-electron chi connectivity index (χ0n) is 17.7. The largest absolute Gasteiger partial charge is 0.369 e. The smallest absolute Gasteiger partial charge is 0.255 e. The van der Waals surface area contributed by atoms with Gasteiger partial charge in [-0.1, -0.05) is 0 Å². The molecule has 5 rings (SSSR count). The third kappa shape index (κ3) is 3.27. The fourth-order valence-electron chi connectivity index (χ4n) is 4.52. The highest BCUT2D eigenvalue weighted by Crippen LogP contribution is 2.33. The van der Waals surface area contributed by atoms with Crippen molar-refractivity contribution in [2.75, 3.05) is 24.5 Å². The van der Waals surface area contributed by atoms with Crippen molar-refractivity contribution < 1.29 is 9.18 Å². The first-order chi connectivity index (χ1) is 15.0. The highest BCUT2D eigenvalue weighted by atomic mass is 19.1. The number of hydrogen-bond donors (Lipinski definition) is 2. The number of benzene rings is 1. The van der Waals surface area contributed by atoms with Gasteiger partial charge in [0.2, 0.25) is 0 Å². The quantitative estimate of drug-likeness (QED) is 0.532. The molecule has 1 amide bonds. The van der Waals surface area contributed by atoms with E-state index in [9.17, 15) is 9.18 Å². The van der Waals surface area contributed by atoms with Gasteiger partial charge in [0, 0.05) is 48.5 Å². The molecule has 3 N–H and O–H groups in total. The van der Waals surface area contributed by atoms with Crippen LogP contribution in [-0.2, 0) is 0 Å². The molecule has 4 aromatic rings. The molecule has 0 radical (unpaired) electrons. The number of hydrogen-bond acceptors (Lipinski definition) is 5. The lowest BCUT2D eigenvalue weighted by Gasteiger charge is -2.33. The van der Waals surface area contributed by atoms with Crippen molar-refractivity contribution in [3.8, 4) is 0 Å². The Morgan fingerprint density at radius 1 is 1.26 bits per heavy atom. The number of halogens is 1. The molecule has 0 spiro atoms. The van der Waals surface area contributed by atoms with Gasteiger partial charge in [-0.2, -0.15) is 0 Å². The number of nitrogens with one attached hydrogen (secondary N) is 1. The van der Waals surface area contributed by atoms with E-state index in [-0.39, 0.29) is 17.8 Å². The van der Waals surface area contributed by atoms with Gasteiger partial charge < -0.3 is 16.0 Å². The highest BCUT2D eigenvalue weighted by molar-refractivity contribution is 6.07. The van der Waals surface area contributed by atoms with Crippen LogP contribution in [0.2, 0.25) is 0 Å². The van der Waals surface area contributed by atoms with Crippen LogP contribution in [0, 0.1) is 12.7 Å². The molecule has 0 aliphatic carbocycles. The second-order valence-corrected chi connectivity index (χ2v) is 8.19. The Balaban J connectivity index is 1.90. The number of nitrogens with zero attached hydrogens (tertiary/aromatic N) is 4. The van der Waals surface area contributed by atoms with Crippen molar-refractivity contribution in [1.29, 1.82) is 0 Å². The summed E-state index contributed by atoms with van der Waals surface area (Å²) in [5, 5.41) is 3.70. The second-order valence-electron chi connectivity index (χ2n) is 8.19. The van der Waals surface area contributed by atoms with Gasteiger partial charge in [0.25, 0.3) is 5.91 Å². The number of pyridine rings is 2. The molecule has 0 saturated carbocycles. The minimum Gasteiger partial charge on any atom is -0.369 e. The average molecular weight is 420 g/mol. The number of nitrogens with two attached hydrogens (primary N) is 1. The zero-order valence-corrected chi connectivity index (χ0v) is 17.7. The molecule has 1 aliphatic heterocycles. The molecule has 1 fully saturated rings. The number of anilines is 1. The van der Waals surface area contributed by atoms with Crippen LogP contribution in [-0.4, -0.2) is 46.0 Å². The van der Waals surface area contributed by atoms with E-state index in [1.165, 1.54) is 12.1 Å². The van der Waals surface area contributed by atoms with Gasteiger partial charge in [-0.3, -0.25) is 9.20 Å². The van der Waals surface area contributed by atoms with E-state index in [1.807, 2.05) is 26.0 Å². The summed E-state index contributed by atoms with van der Waals surface area (Å²) in [7, 11) is 0. The number of amides is 1. The number of imidazole rings is 1. The number of piperidine rings is 1. The van der Waals surface area contributed by atoms with Crippen LogP contribution in [0.1, 0.15) is 35.8 Å². The van der Waals surface area contributed by atoms with E-state index < -0.39 is 0 Å². The van der Waals surface area contributed by atoms with Gasteiger partial charge in [0.05, 0.1) is 16.6 Å². The highest BCUT2D eigenvalue weighted by Gasteiger charge is 2.24. The first kappa shape index (κ1) is 19.7. The van der Waals surface area contributed by atoms with Crippen LogP contribution in [0.25, 0.3) is 27.7 Å². The Labute approximate surface area is 179 Å². The Hall–Kier alpha value is -3.26. The van der Waals surface area contributed by atoms with Crippen molar-refractivity contribution in [1.82, 2.24) is 19.7 Å². The molecule has 7 nitrogen and oxygen atoms in total. The molecule has 8 heteroatoms. The number of rotatable bonds is 3. The maximum Gasteiger partial charge on any atom is 0.255 e. The van der Waals surface area contributed by atoms with Crippen molar-refractivity contribution in [2.24, 2.45) is 5.73 Å². The molecule has 1 saturated heterocycles. The van der Waals surface area contributed by atoms with E-state index >= 15 is 0 Å². The Bertz CT molecular complexity index is 1330. The summed E-state index contributed by atoms with van der Waals surface area (Å²) in [6.45, 7) is 5.94. The number of aromatic nitrogens is 3. The first-order valence-electron chi connectivity index (χ1n) is 10.7. The molecule has 3 aromatic heterocycles. The lowest BCUT2D eigenvalue weighted by atomic mass is 10.0. The lowest BCUT2D eigenvalue weighted by Crippen LogP contribution is -2.43. The summed E-state index contributed by atoms with van der Waals surface area (Å²) in [4.78, 5) is 24.7. The molecular weight excluding hydrogens is 395 g/mol. The van der Waals surface area contributed by atoms with E-state index in [2.05, 4.69) is 15.2 Å². The Kier molecular flexibility index (Phi) is 4.74. The maximum atomic E-state index is 14.2. The molecule has 1 aromatic carbocycles. The zero-order chi connectivity index (χ0) is 21.7. The van der Waals surface area contributed by atoms with E-state index in [0.29, 0.717) is 34.4 Å². The predicted molar refractivity (Wildman–Crippen MR) is 120 cm³/mol. The van der Waals surface area contributed by atoms with Crippen molar-refractivity contribution in [3.63, 3.8) is 0 Å². The predicted octanol–water partition coefficient (Wildman–Crippen LogP) is 3.16. The minimum absolute atomic E-state index is 0.104. The summed E-state index contributed by atoms with van der Waals surface area (Å²) in [5.74, 6) is -0.576. The average Bonchev–Trinajstić information content (AvgIpc) is 3.11. The van der Waals surface area contributed by atoms with Crippen LogP contribution in [0.15, 0.2) is 30.3 Å². The van der Waals surface area contributed by atoms with Crippen LogP contribution < -0.4 is 16.0 Å². The molecule has 1 atom stereocenters. The van der Waals surface area contributed by atoms with Crippen LogP contribution in [0.5, 0.6) is 0 Å². The summed E-state index contributed by atoms with van der Waals surface area (Å²) in [6, 6.07) is 8.45. The van der Waals surface area contributed by atoms with Gasteiger partial charge >= 0.3 is 0 Å². The summed E-state index contributed by atoms with van der Waals surface area (Å²) in [6.07, 6.45) is 2.01. The molecule has 1 aliphatic rings. The molecule has 160 valence electrons. The molecular formula is C23H25FN6O. The summed E-state index contributed by atoms with van der Waals surface area (Å²) >= 11 is 0. The lowest BCUT2D eigenvalue weighted by molar-refractivity contribution is 0.0957. The first-order valence-corrected chi connectivity index (χ1v) is 10.7.